The van der Waals surface area contributed by atoms with Gasteiger partial charge in [0.2, 0.25) is 5.91 Å². The third kappa shape index (κ3) is 3.88. The molecule has 0 fully saturated rings. The number of nitrogens with two attached hydrogens (primary N) is 1. The summed E-state index contributed by atoms with van der Waals surface area (Å²) in [5, 5.41) is 1.12. The van der Waals surface area contributed by atoms with Crippen molar-refractivity contribution in [1.29, 1.82) is 0 Å². The predicted molar refractivity (Wildman–Crippen MR) is 108 cm³/mol. The summed E-state index contributed by atoms with van der Waals surface area (Å²) >= 11 is 0. The number of likely N-dealkylation sites (N-methyl/N-ethyl adjacent to an activating group) is 1. The Morgan fingerprint density at radius 2 is 2.07 bits per heavy atom. The van der Waals surface area contributed by atoms with Gasteiger partial charge in [0.25, 0.3) is 0 Å². The van der Waals surface area contributed by atoms with Gasteiger partial charge in [-0.3, -0.25) is 4.79 Å². The average Bonchev–Trinajstić information content (AvgIpc) is 3.02. The van der Waals surface area contributed by atoms with Crippen molar-refractivity contribution in [1.82, 2.24) is 14.5 Å². The Labute approximate surface area is 163 Å². The summed E-state index contributed by atoms with van der Waals surface area (Å²) in [6, 6.07) is 9.62. The number of carbonyl (C=O) groups excluding carboxylic acids is 2. The number of pyridine rings is 1. The number of amides is 1. The van der Waals surface area contributed by atoms with Gasteiger partial charge in [0, 0.05) is 50.0 Å². The van der Waals surface area contributed by atoms with Gasteiger partial charge >= 0.3 is 5.97 Å². The zero-order valence-corrected chi connectivity index (χ0v) is 16.0. The summed E-state index contributed by atoms with van der Waals surface area (Å²) in [6.07, 6.45) is 6.57. The summed E-state index contributed by atoms with van der Waals surface area (Å²) in [7, 11) is 5.01. The highest BCUT2D eigenvalue weighted by molar-refractivity contribution is 5.96. The maximum atomic E-state index is 12.5. The van der Waals surface area contributed by atoms with E-state index in [-0.39, 0.29) is 17.3 Å². The monoisotopic (exact) mass is 378 g/mol. The van der Waals surface area contributed by atoms with Crippen LogP contribution in [0, 0.1) is 0 Å². The molecule has 0 bridgehead atoms. The second-order valence-electron chi connectivity index (χ2n) is 6.50. The van der Waals surface area contributed by atoms with Gasteiger partial charge in [0.1, 0.15) is 11.4 Å². The number of fused-ring (bicyclic) bond motifs is 1. The normalized spacial score (nSPS) is 11.1. The lowest BCUT2D eigenvalue weighted by Gasteiger charge is -2.14. The van der Waals surface area contributed by atoms with Gasteiger partial charge < -0.3 is 19.9 Å². The molecule has 1 amide bonds. The number of carbonyl (C=O) groups is 2. The van der Waals surface area contributed by atoms with Crippen molar-refractivity contribution in [3.8, 4) is 0 Å². The summed E-state index contributed by atoms with van der Waals surface area (Å²) in [4.78, 5) is 29.8. The average molecular weight is 378 g/mol. The fourth-order valence-electron chi connectivity index (χ4n) is 3.04. The lowest BCUT2D eigenvalue weighted by molar-refractivity contribution is -0.125. The van der Waals surface area contributed by atoms with E-state index < -0.39 is 5.97 Å². The number of methoxy groups -OCH3 is 1. The van der Waals surface area contributed by atoms with Crippen LogP contribution in [0.25, 0.3) is 17.0 Å². The van der Waals surface area contributed by atoms with Gasteiger partial charge in [-0.15, -0.1) is 0 Å². The standard InChI is InChI=1S/C21H22N4O3/c1-24-12-15(16-6-4-5-7-18(16)24)13-25(2)19(26)9-8-14-10-17(21(27)28-3)20(22)23-11-14/h4-12H,13H2,1-3H3,(H2,22,23). The van der Waals surface area contributed by atoms with Crippen molar-refractivity contribution < 1.29 is 14.3 Å². The Morgan fingerprint density at radius 1 is 1.32 bits per heavy atom. The third-order valence-corrected chi connectivity index (χ3v) is 4.53. The molecule has 0 spiro atoms. The molecule has 0 saturated carbocycles. The Balaban J connectivity index is 1.74. The van der Waals surface area contributed by atoms with E-state index in [2.05, 4.69) is 9.72 Å². The van der Waals surface area contributed by atoms with Crippen LogP contribution >= 0.6 is 0 Å². The Morgan fingerprint density at radius 3 is 2.82 bits per heavy atom. The van der Waals surface area contributed by atoms with Crippen LogP contribution in [0.15, 0.2) is 48.8 Å². The lowest BCUT2D eigenvalue weighted by atomic mass is 10.1. The molecule has 0 atom stereocenters. The number of ether oxygens (including phenoxy) is 1. The molecule has 1 aromatic carbocycles. The number of rotatable bonds is 5. The fourth-order valence-corrected chi connectivity index (χ4v) is 3.04. The van der Waals surface area contributed by atoms with Crippen molar-refractivity contribution in [3.05, 3.63) is 65.5 Å². The maximum Gasteiger partial charge on any atom is 0.341 e. The predicted octanol–water partition coefficient (Wildman–Crippen LogP) is 2.61. The highest BCUT2D eigenvalue weighted by Gasteiger charge is 2.13. The Bertz CT molecular complexity index is 1070. The van der Waals surface area contributed by atoms with Crippen LogP contribution in [-0.4, -0.2) is 40.5 Å². The maximum absolute atomic E-state index is 12.5. The van der Waals surface area contributed by atoms with Crippen LogP contribution in [0.2, 0.25) is 0 Å². The van der Waals surface area contributed by atoms with Gasteiger partial charge in [-0.2, -0.15) is 0 Å². The number of para-hydroxylation sites is 1. The molecule has 2 N–H and O–H groups in total. The minimum absolute atomic E-state index is 0.0865. The molecule has 0 aliphatic carbocycles. The molecule has 144 valence electrons. The van der Waals surface area contributed by atoms with Gasteiger partial charge in [0.05, 0.1) is 7.11 Å². The van der Waals surface area contributed by atoms with Crippen LogP contribution in [0.3, 0.4) is 0 Å². The molecule has 7 nitrogen and oxygen atoms in total. The molecule has 0 aliphatic heterocycles. The first-order valence-electron chi connectivity index (χ1n) is 8.70. The van der Waals surface area contributed by atoms with Gasteiger partial charge in [0.15, 0.2) is 0 Å². The minimum atomic E-state index is -0.570. The third-order valence-electron chi connectivity index (χ3n) is 4.53. The summed E-state index contributed by atoms with van der Waals surface area (Å²) in [5.74, 6) is -0.646. The lowest BCUT2D eigenvalue weighted by Crippen LogP contribution is -2.24. The highest BCUT2D eigenvalue weighted by atomic mass is 16.5. The van der Waals surface area contributed by atoms with Crippen molar-refractivity contribution >= 4 is 34.7 Å². The van der Waals surface area contributed by atoms with E-state index in [0.29, 0.717) is 12.1 Å². The first kappa shape index (κ1) is 19.2. The number of nitrogens with zero attached hydrogens (tertiary/aromatic N) is 3. The number of aromatic nitrogens is 2. The van der Waals surface area contributed by atoms with Crippen LogP contribution in [0.4, 0.5) is 5.82 Å². The van der Waals surface area contributed by atoms with E-state index in [1.165, 1.54) is 19.4 Å². The van der Waals surface area contributed by atoms with Crippen LogP contribution in [-0.2, 0) is 23.1 Å². The number of anilines is 1. The number of nitrogen functional groups attached to an aromatic ring is 1. The quantitative estimate of drug-likeness (QED) is 0.544. The molecule has 28 heavy (non-hydrogen) atoms. The molecule has 0 unspecified atom stereocenters. The van der Waals surface area contributed by atoms with E-state index in [1.54, 1.807) is 24.1 Å². The van der Waals surface area contributed by atoms with E-state index in [0.717, 1.165) is 16.5 Å². The summed E-state index contributed by atoms with van der Waals surface area (Å²) < 4.78 is 6.73. The van der Waals surface area contributed by atoms with Gasteiger partial charge in [-0.25, -0.2) is 9.78 Å². The molecule has 0 saturated heterocycles. The Hall–Kier alpha value is -3.61. The zero-order valence-electron chi connectivity index (χ0n) is 16.0. The van der Waals surface area contributed by atoms with Gasteiger partial charge in [-0.1, -0.05) is 18.2 Å². The molecule has 7 heteroatoms. The van der Waals surface area contributed by atoms with E-state index in [1.807, 2.05) is 42.1 Å². The largest absolute Gasteiger partial charge is 0.465 e. The number of benzene rings is 1. The molecule has 3 aromatic rings. The molecular weight excluding hydrogens is 356 g/mol. The number of esters is 1. The zero-order chi connectivity index (χ0) is 20.3. The van der Waals surface area contributed by atoms with Crippen molar-refractivity contribution in [2.24, 2.45) is 7.05 Å². The second kappa shape index (κ2) is 7.96. The number of aryl methyl sites for hydroxylation is 1. The van der Waals surface area contributed by atoms with Crippen LogP contribution < -0.4 is 5.73 Å². The molecule has 0 aliphatic rings. The number of hydrogen-bond donors (Lipinski definition) is 1. The molecule has 3 rings (SSSR count). The molecular formula is C21H22N4O3. The van der Waals surface area contributed by atoms with E-state index in [9.17, 15) is 9.59 Å². The van der Waals surface area contributed by atoms with Crippen molar-refractivity contribution in [3.63, 3.8) is 0 Å². The highest BCUT2D eigenvalue weighted by Crippen LogP contribution is 2.21. The molecule has 2 heterocycles. The van der Waals surface area contributed by atoms with E-state index in [4.69, 9.17) is 5.73 Å². The second-order valence-corrected chi connectivity index (χ2v) is 6.50. The number of hydrogen-bond acceptors (Lipinski definition) is 5. The Kier molecular flexibility index (Phi) is 5.44. The van der Waals surface area contributed by atoms with Crippen LogP contribution in [0.5, 0.6) is 0 Å². The van der Waals surface area contributed by atoms with Crippen LogP contribution in [0.1, 0.15) is 21.5 Å². The molecule has 0 radical (unpaired) electrons. The smallest absolute Gasteiger partial charge is 0.341 e. The fraction of sp³-hybridized carbons (Fsp3) is 0.190. The minimum Gasteiger partial charge on any atom is -0.465 e. The first-order chi connectivity index (χ1) is 13.4. The molecule has 2 aromatic heterocycles. The first-order valence-corrected chi connectivity index (χ1v) is 8.70. The van der Waals surface area contributed by atoms with Gasteiger partial charge in [-0.05, 0) is 29.3 Å². The topological polar surface area (TPSA) is 90.5 Å². The van der Waals surface area contributed by atoms with Crippen molar-refractivity contribution in [2.75, 3.05) is 19.9 Å². The summed E-state index contributed by atoms with van der Waals surface area (Å²) in [5.41, 5.74) is 8.64. The van der Waals surface area contributed by atoms with E-state index >= 15 is 0 Å². The SMILES string of the molecule is COC(=O)c1cc(C=CC(=O)N(C)Cc2cn(C)c3ccccc23)cnc1N. The summed E-state index contributed by atoms with van der Waals surface area (Å²) in [6.45, 7) is 0.484. The van der Waals surface area contributed by atoms with Crippen molar-refractivity contribution in [2.45, 2.75) is 6.54 Å².